The smallest absolute Gasteiger partial charge is 0.268 e. The number of fused-ring (bicyclic) bond motifs is 1. The Morgan fingerprint density at radius 3 is 2.56 bits per heavy atom. The van der Waals surface area contributed by atoms with Crippen LogP contribution in [-0.2, 0) is 17.9 Å². The van der Waals surface area contributed by atoms with Gasteiger partial charge in [-0.1, -0.05) is 37.3 Å². The number of benzene rings is 1. The zero-order chi connectivity index (χ0) is 22.5. The van der Waals surface area contributed by atoms with Crippen molar-refractivity contribution in [1.82, 2.24) is 25.2 Å². The molecule has 1 aromatic carbocycles. The van der Waals surface area contributed by atoms with Crippen LogP contribution in [0.2, 0.25) is 0 Å². The molecule has 0 aliphatic carbocycles. The highest BCUT2D eigenvalue weighted by Gasteiger charge is 2.28. The molecular weight excluding hydrogens is 406 g/mol. The Balaban J connectivity index is 1.57. The van der Waals surface area contributed by atoms with Crippen molar-refractivity contribution < 1.29 is 14.3 Å². The average Bonchev–Trinajstić information content (AvgIpc) is 3.23. The number of carbonyl (C=O) groups excluding carboxylic acids is 2. The Hall–Kier alpha value is -3.52. The number of amides is 2. The van der Waals surface area contributed by atoms with Crippen LogP contribution >= 0.6 is 0 Å². The molecule has 1 unspecified atom stereocenters. The van der Waals surface area contributed by atoms with E-state index in [0.717, 1.165) is 12.0 Å². The summed E-state index contributed by atoms with van der Waals surface area (Å²) in [7, 11) is 0. The van der Waals surface area contributed by atoms with E-state index in [0.29, 0.717) is 35.9 Å². The van der Waals surface area contributed by atoms with E-state index in [2.05, 4.69) is 20.6 Å². The van der Waals surface area contributed by atoms with Crippen LogP contribution < -0.4 is 10.6 Å². The van der Waals surface area contributed by atoms with E-state index in [9.17, 15) is 9.59 Å². The van der Waals surface area contributed by atoms with E-state index in [1.54, 1.807) is 24.5 Å². The fourth-order valence-electron chi connectivity index (χ4n) is 3.92. The monoisotopic (exact) mass is 433 g/mol. The molecule has 8 heteroatoms. The van der Waals surface area contributed by atoms with Crippen LogP contribution in [0.3, 0.4) is 0 Å². The number of nitrogens with one attached hydrogen (secondary N) is 2. The molecule has 4 rings (SSSR count). The average molecular weight is 434 g/mol. The molecule has 8 nitrogen and oxygen atoms in total. The van der Waals surface area contributed by atoms with Crippen molar-refractivity contribution >= 4 is 11.8 Å². The largest absolute Gasteiger partial charge is 0.373 e. The molecule has 0 saturated heterocycles. The minimum absolute atomic E-state index is 0.109. The van der Waals surface area contributed by atoms with Gasteiger partial charge >= 0.3 is 0 Å². The fraction of sp³-hybridized carbons (Fsp3) is 0.333. The normalized spacial score (nSPS) is 14.8. The Morgan fingerprint density at radius 1 is 1.09 bits per heavy atom. The van der Waals surface area contributed by atoms with Gasteiger partial charge in [0.1, 0.15) is 11.5 Å². The van der Waals surface area contributed by atoms with Crippen LogP contribution in [-0.4, -0.2) is 33.0 Å². The molecule has 1 aliphatic heterocycles. The highest BCUT2D eigenvalue weighted by molar-refractivity contribution is 6.01. The summed E-state index contributed by atoms with van der Waals surface area (Å²) >= 11 is 0. The molecule has 2 N–H and O–H groups in total. The Morgan fingerprint density at radius 2 is 1.84 bits per heavy atom. The van der Waals surface area contributed by atoms with Crippen molar-refractivity contribution in [2.24, 2.45) is 0 Å². The number of hydrogen-bond acceptors (Lipinski definition) is 5. The Kier molecular flexibility index (Phi) is 6.61. The van der Waals surface area contributed by atoms with Gasteiger partial charge in [0.25, 0.3) is 11.8 Å². The van der Waals surface area contributed by atoms with Crippen molar-refractivity contribution in [2.45, 2.75) is 45.5 Å². The van der Waals surface area contributed by atoms with Gasteiger partial charge in [0.2, 0.25) is 0 Å². The molecule has 2 aromatic heterocycles. The molecule has 166 valence electrons. The fourth-order valence-corrected chi connectivity index (χ4v) is 3.92. The quantitative estimate of drug-likeness (QED) is 0.596. The Bertz CT molecular complexity index is 1080. The number of nitrogens with zero attached hydrogens (tertiary/aromatic N) is 3. The second kappa shape index (κ2) is 9.74. The van der Waals surface area contributed by atoms with Crippen LogP contribution in [0.25, 0.3) is 0 Å². The van der Waals surface area contributed by atoms with Crippen LogP contribution in [0.1, 0.15) is 70.3 Å². The van der Waals surface area contributed by atoms with E-state index in [4.69, 9.17) is 4.74 Å². The number of aromatic nitrogens is 3. The highest BCUT2D eigenvalue weighted by Crippen LogP contribution is 2.23. The lowest BCUT2D eigenvalue weighted by Crippen LogP contribution is -2.31. The Labute approximate surface area is 187 Å². The van der Waals surface area contributed by atoms with E-state index < -0.39 is 0 Å². The maximum atomic E-state index is 13.2. The second-order valence-electron chi connectivity index (χ2n) is 7.74. The number of carbonyl (C=O) groups is 2. The minimum Gasteiger partial charge on any atom is -0.373 e. The van der Waals surface area contributed by atoms with Gasteiger partial charge in [-0.2, -0.15) is 0 Å². The van der Waals surface area contributed by atoms with E-state index in [1.165, 1.54) is 0 Å². The lowest BCUT2D eigenvalue weighted by atomic mass is 10.0. The third-order valence-corrected chi connectivity index (χ3v) is 5.62. The summed E-state index contributed by atoms with van der Waals surface area (Å²) in [5.41, 5.74) is 2.65. The van der Waals surface area contributed by atoms with Crippen molar-refractivity contribution in [3.05, 3.63) is 83.2 Å². The second-order valence-corrected chi connectivity index (χ2v) is 7.74. The zero-order valence-corrected chi connectivity index (χ0v) is 18.2. The van der Waals surface area contributed by atoms with Crippen molar-refractivity contribution in [1.29, 1.82) is 0 Å². The molecule has 3 aromatic rings. The summed E-state index contributed by atoms with van der Waals surface area (Å²) in [6.07, 6.45) is 4.03. The molecular formula is C24H27N5O3. The van der Waals surface area contributed by atoms with Crippen LogP contribution in [0.4, 0.5) is 0 Å². The topological polar surface area (TPSA) is 98.1 Å². The summed E-state index contributed by atoms with van der Waals surface area (Å²) in [5.74, 6) is 0.0347. The molecule has 0 spiro atoms. The zero-order valence-electron chi connectivity index (χ0n) is 18.2. The molecule has 1 aliphatic rings. The summed E-state index contributed by atoms with van der Waals surface area (Å²) < 4.78 is 7.47. The molecule has 0 radical (unpaired) electrons. The lowest BCUT2D eigenvalue weighted by Gasteiger charge is -2.21. The van der Waals surface area contributed by atoms with E-state index in [-0.39, 0.29) is 30.5 Å². The standard InChI is InChI=1S/C24H27N5O3/c1-3-19(17-8-5-4-6-9-17)28-24(31)20-14-18(21-15-32-13-12-29(20)21)23(30)27-16(2)22-25-10-7-11-26-22/h4-11,14,16,19H,3,12-13,15H2,1-2H3,(H,27,30)(H,28,31)/t16?,19-/m1/s1. The molecule has 2 amide bonds. The molecule has 0 saturated carbocycles. The predicted octanol–water partition coefficient (Wildman–Crippen LogP) is 3.18. The first-order valence-corrected chi connectivity index (χ1v) is 10.8. The lowest BCUT2D eigenvalue weighted by molar-refractivity contribution is 0.0773. The third kappa shape index (κ3) is 4.55. The van der Waals surface area contributed by atoms with Crippen LogP contribution in [0.5, 0.6) is 0 Å². The van der Waals surface area contributed by atoms with Gasteiger partial charge in [-0.05, 0) is 31.0 Å². The molecule has 0 fully saturated rings. The van der Waals surface area contributed by atoms with Gasteiger partial charge < -0.3 is 19.9 Å². The number of ether oxygens (including phenoxy) is 1. The van der Waals surface area contributed by atoms with Crippen molar-refractivity contribution in [3.8, 4) is 0 Å². The van der Waals surface area contributed by atoms with Crippen molar-refractivity contribution in [2.75, 3.05) is 6.61 Å². The van der Waals surface area contributed by atoms with Gasteiger partial charge in [-0.25, -0.2) is 9.97 Å². The summed E-state index contributed by atoms with van der Waals surface area (Å²) in [6.45, 7) is 5.15. The van der Waals surface area contributed by atoms with Gasteiger partial charge in [0.05, 0.1) is 36.6 Å². The molecule has 32 heavy (non-hydrogen) atoms. The van der Waals surface area contributed by atoms with E-state index >= 15 is 0 Å². The molecule has 3 heterocycles. The number of rotatable bonds is 7. The summed E-state index contributed by atoms with van der Waals surface area (Å²) in [4.78, 5) is 34.7. The van der Waals surface area contributed by atoms with Crippen LogP contribution in [0.15, 0.2) is 54.9 Å². The van der Waals surface area contributed by atoms with Gasteiger partial charge in [0.15, 0.2) is 0 Å². The maximum Gasteiger partial charge on any atom is 0.268 e. The maximum absolute atomic E-state index is 13.2. The van der Waals surface area contributed by atoms with Crippen LogP contribution in [0, 0.1) is 0 Å². The number of hydrogen-bond donors (Lipinski definition) is 2. The van der Waals surface area contributed by atoms with E-state index in [1.807, 2.05) is 48.7 Å². The molecule has 2 atom stereocenters. The highest BCUT2D eigenvalue weighted by atomic mass is 16.5. The van der Waals surface area contributed by atoms with Gasteiger partial charge in [0, 0.05) is 18.9 Å². The predicted molar refractivity (Wildman–Crippen MR) is 119 cm³/mol. The SMILES string of the molecule is CC[C@@H](NC(=O)c1cc(C(=O)NC(C)c2ncccn2)c2n1CCOC2)c1ccccc1. The minimum atomic E-state index is -0.372. The third-order valence-electron chi connectivity index (χ3n) is 5.62. The first kappa shape index (κ1) is 21.7. The van der Waals surface area contributed by atoms with Gasteiger partial charge in [-0.3, -0.25) is 9.59 Å². The van der Waals surface area contributed by atoms with Crippen molar-refractivity contribution in [3.63, 3.8) is 0 Å². The first-order valence-electron chi connectivity index (χ1n) is 10.8. The summed E-state index contributed by atoms with van der Waals surface area (Å²) in [6, 6.07) is 12.8. The summed E-state index contributed by atoms with van der Waals surface area (Å²) in [5, 5.41) is 6.04. The first-order chi connectivity index (χ1) is 15.6. The molecule has 0 bridgehead atoms. The van der Waals surface area contributed by atoms with Gasteiger partial charge in [-0.15, -0.1) is 0 Å².